The van der Waals surface area contributed by atoms with Gasteiger partial charge in [0.15, 0.2) is 0 Å². The fourth-order valence-electron chi connectivity index (χ4n) is 2.75. The summed E-state index contributed by atoms with van der Waals surface area (Å²) < 4.78 is 7.63. The SMILES string of the molecule is Cc1nn(-c2ccccc2)c(COc2ccc(C(C)(C)O)cc2)c1C#N. The van der Waals surface area contributed by atoms with Crippen LogP contribution in [0.2, 0.25) is 0 Å². The van der Waals surface area contributed by atoms with E-state index in [0.29, 0.717) is 22.7 Å². The standard InChI is InChI=1S/C21H21N3O2/c1-15-19(13-22)20(24(23-15)17-7-5-4-6-8-17)14-26-18-11-9-16(10-12-18)21(2,3)25/h4-12,25H,14H2,1-3H3. The van der Waals surface area contributed by atoms with Crippen LogP contribution in [0.4, 0.5) is 0 Å². The third-order valence-electron chi connectivity index (χ3n) is 4.20. The highest BCUT2D eigenvalue weighted by atomic mass is 16.5. The van der Waals surface area contributed by atoms with E-state index in [2.05, 4.69) is 11.2 Å². The molecule has 5 nitrogen and oxygen atoms in total. The predicted molar refractivity (Wildman–Crippen MR) is 99.0 cm³/mol. The van der Waals surface area contributed by atoms with Gasteiger partial charge in [0.05, 0.1) is 22.7 Å². The third kappa shape index (κ3) is 3.61. The van der Waals surface area contributed by atoms with Gasteiger partial charge in [-0.05, 0) is 50.6 Å². The zero-order valence-electron chi connectivity index (χ0n) is 15.1. The summed E-state index contributed by atoms with van der Waals surface area (Å²) in [7, 11) is 0. The van der Waals surface area contributed by atoms with Crippen molar-refractivity contribution in [3.05, 3.63) is 77.1 Å². The lowest BCUT2D eigenvalue weighted by Gasteiger charge is -2.18. The quantitative estimate of drug-likeness (QED) is 0.761. The Kier molecular flexibility index (Phi) is 4.79. The summed E-state index contributed by atoms with van der Waals surface area (Å²) in [4.78, 5) is 0. The Morgan fingerprint density at radius 2 is 1.77 bits per heavy atom. The van der Waals surface area contributed by atoms with Gasteiger partial charge in [0, 0.05) is 0 Å². The van der Waals surface area contributed by atoms with Gasteiger partial charge in [0.2, 0.25) is 0 Å². The van der Waals surface area contributed by atoms with Crippen molar-refractivity contribution in [2.24, 2.45) is 0 Å². The topological polar surface area (TPSA) is 71.1 Å². The van der Waals surface area contributed by atoms with Gasteiger partial charge in [-0.3, -0.25) is 0 Å². The van der Waals surface area contributed by atoms with E-state index in [0.717, 1.165) is 11.3 Å². The van der Waals surface area contributed by atoms with Crippen LogP contribution >= 0.6 is 0 Å². The van der Waals surface area contributed by atoms with Crippen molar-refractivity contribution >= 4 is 0 Å². The maximum atomic E-state index is 10.0. The van der Waals surface area contributed by atoms with Crippen LogP contribution in [0.1, 0.15) is 36.4 Å². The number of benzene rings is 2. The summed E-state index contributed by atoms with van der Waals surface area (Å²) >= 11 is 0. The van der Waals surface area contributed by atoms with Crippen molar-refractivity contribution in [3.8, 4) is 17.5 Å². The molecule has 0 aliphatic rings. The second-order valence-corrected chi connectivity index (χ2v) is 6.64. The number of aryl methyl sites for hydroxylation is 1. The minimum absolute atomic E-state index is 0.223. The summed E-state index contributed by atoms with van der Waals surface area (Å²) in [5, 5.41) is 24.0. The zero-order chi connectivity index (χ0) is 18.7. The lowest BCUT2D eigenvalue weighted by atomic mass is 9.99. The number of hydrogen-bond acceptors (Lipinski definition) is 4. The average Bonchev–Trinajstić information content (AvgIpc) is 2.95. The summed E-state index contributed by atoms with van der Waals surface area (Å²) in [5.74, 6) is 0.667. The highest BCUT2D eigenvalue weighted by Crippen LogP contribution is 2.24. The van der Waals surface area contributed by atoms with E-state index >= 15 is 0 Å². The lowest BCUT2D eigenvalue weighted by molar-refractivity contribution is 0.0785. The van der Waals surface area contributed by atoms with Gasteiger partial charge in [-0.1, -0.05) is 30.3 Å². The Hall–Kier alpha value is -3.10. The second-order valence-electron chi connectivity index (χ2n) is 6.64. The summed E-state index contributed by atoms with van der Waals surface area (Å²) in [6, 6.07) is 19.2. The number of aliphatic hydroxyl groups is 1. The van der Waals surface area contributed by atoms with E-state index in [4.69, 9.17) is 4.74 Å². The number of para-hydroxylation sites is 1. The number of hydrogen-bond donors (Lipinski definition) is 1. The maximum Gasteiger partial charge on any atom is 0.132 e. The predicted octanol–water partition coefficient (Wildman–Crippen LogP) is 3.86. The second kappa shape index (κ2) is 7.03. The molecule has 0 fully saturated rings. The molecule has 0 bridgehead atoms. The van der Waals surface area contributed by atoms with Gasteiger partial charge in [0.1, 0.15) is 24.0 Å². The molecule has 0 atom stereocenters. The van der Waals surface area contributed by atoms with E-state index in [1.165, 1.54) is 0 Å². The molecular formula is C21H21N3O2. The smallest absolute Gasteiger partial charge is 0.132 e. The Morgan fingerprint density at radius 1 is 1.12 bits per heavy atom. The first-order valence-electron chi connectivity index (χ1n) is 8.40. The maximum absolute atomic E-state index is 10.0. The van der Waals surface area contributed by atoms with Crippen LogP contribution in [0.3, 0.4) is 0 Å². The summed E-state index contributed by atoms with van der Waals surface area (Å²) in [6.45, 7) is 5.52. The molecule has 0 aliphatic heterocycles. The average molecular weight is 347 g/mol. The van der Waals surface area contributed by atoms with E-state index in [-0.39, 0.29) is 6.61 Å². The van der Waals surface area contributed by atoms with Crippen LogP contribution in [0.25, 0.3) is 5.69 Å². The minimum atomic E-state index is -0.893. The van der Waals surface area contributed by atoms with Crippen LogP contribution in [0, 0.1) is 18.3 Å². The van der Waals surface area contributed by atoms with Crippen LogP contribution in [-0.4, -0.2) is 14.9 Å². The van der Waals surface area contributed by atoms with E-state index in [1.807, 2.05) is 61.5 Å². The number of nitrogens with zero attached hydrogens (tertiary/aromatic N) is 3. The molecule has 0 amide bonds. The monoisotopic (exact) mass is 347 g/mol. The Morgan fingerprint density at radius 3 is 2.35 bits per heavy atom. The van der Waals surface area contributed by atoms with Gasteiger partial charge >= 0.3 is 0 Å². The molecule has 1 aromatic heterocycles. The van der Waals surface area contributed by atoms with Crippen molar-refractivity contribution < 1.29 is 9.84 Å². The first-order valence-corrected chi connectivity index (χ1v) is 8.40. The highest BCUT2D eigenvalue weighted by molar-refractivity contribution is 5.43. The number of rotatable bonds is 5. The molecule has 26 heavy (non-hydrogen) atoms. The minimum Gasteiger partial charge on any atom is -0.487 e. The molecule has 0 unspecified atom stereocenters. The van der Waals surface area contributed by atoms with Crippen LogP contribution < -0.4 is 4.74 Å². The normalized spacial score (nSPS) is 11.2. The third-order valence-corrected chi connectivity index (χ3v) is 4.20. The van der Waals surface area contributed by atoms with Crippen molar-refractivity contribution in [1.82, 2.24) is 9.78 Å². The molecule has 0 aliphatic carbocycles. The number of nitriles is 1. The summed E-state index contributed by atoms with van der Waals surface area (Å²) in [6.07, 6.45) is 0. The van der Waals surface area contributed by atoms with Gasteiger partial charge < -0.3 is 9.84 Å². The van der Waals surface area contributed by atoms with E-state index < -0.39 is 5.60 Å². The highest BCUT2D eigenvalue weighted by Gasteiger charge is 2.18. The molecule has 0 radical (unpaired) electrons. The van der Waals surface area contributed by atoms with Crippen LogP contribution in [0.15, 0.2) is 54.6 Å². The molecule has 132 valence electrons. The lowest BCUT2D eigenvalue weighted by Crippen LogP contribution is -2.15. The van der Waals surface area contributed by atoms with Crippen molar-refractivity contribution in [2.75, 3.05) is 0 Å². The molecular weight excluding hydrogens is 326 g/mol. The van der Waals surface area contributed by atoms with Gasteiger partial charge in [0.25, 0.3) is 0 Å². The summed E-state index contributed by atoms with van der Waals surface area (Å²) in [5.41, 5.74) is 2.72. The van der Waals surface area contributed by atoms with Gasteiger partial charge in [-0.15, -0.1) is 0 Å². The van der Waals surface area contributed by atoms with E-state index in [9.17, 15) is 10.4 Å². The van der Waals surface area contributed by atoms with Crippen molar-refractivity contribution in [2.45, 2.75) is 33.0 Å². The molecule has 0 saturated heterocycles. The number of aromatic nitrogens is 2. The Labute approximate surface area is 153 Å². The Balaban J connectivity index is 1.87. The molecule has 3 rings (SSSR count). The molecule has 1 N–H and O–H groups in total. The zero-order valence-corrected chi connectivity index (χ0v) is 15.1. The van der Waals surface area contributed by atoms with Crippen molar-refractivity contribution in [3.63, 3.8) is 0 Å². The Bertz CT molecular complexity index is 930. The van der Waals surface area contributed by atoms with Crippen molar-refractivity contribution in [1.29, 1.82) is 5.26 Å². The molecule has 3 aromatic rings. The molecule has 0 saturated carbocycles. The molecule has 5 heteroatoms. The van der Waals surface area contributed by atoms with Crippen LogP contribution in [0.5, 0.6) is 5.75 Å². The first-order chi connectivity index (χ1) is 12.4. The van der Waals surface area contributed by atoms with Gasteiger partial charge in [-0.2, -0.15) is 10.4 Å². The van der Waals surface area contributed by atoms with E-state index in [1.54, 1.807) is 18.5 Å². The van der Waals surface area contributed by atoms with Crippen LogP contribution in [-0.2, 0) is 12.2 Å². The largest absolute Gasteiger partial charge is 0.487 e. The molecule has 0 spiro atoms. The van der Waals surface area contributed by atoms with Gasteiger partial charge in [-0.25, -0.2) is 4.68 Å². The fourth-order valence-corrected chi connectivity index (χ4v) is 2.75. The fraction of sp³-hybridized carbons (Fsp3) is 0.238. The molecule has 1 heterocycles. The first kappa shape index (κ1) is 17.7. The number of ether oxygens (including phenoxy) is 1. The molecule has 2 aromatic carbocycles.